The van der Waals surface area contributed by atoms with Crippen LogP contribution in [0.4, 0.5) is 16.2 Å². The van der Waals surface area contributed by atoms with Gasteiger partial charge in [-0.1, -0.05) is 18.2 Å². The molecule has 0 spiro atoms. The molecule has 1 N–H and O–H groups in total. The average molecular weight is 442 g/mol. The lowest BCUT2D eigenvalue weighted by molar-refractivity contribution is -0.142. The van der Waals surface area contributed by atoms with Gasteiger partial charge in [0.1, 0.15) is 12.4 Å². The number of hydrogen-bond donors (Lipinski definition) is 1. The van der Waals surface area contributed by atoms with Crippen molar-refractivity contribution >= 4 is 23.4 Å². The second-order valence-electron chi connectivity index (χ2n) is 7.97. The number of carbonyl (C=O) groups is 2. The van der Waals surface area contributed by atoms with Gasteiger partial charge < -0.3 is 19.3 Å². The summed E-state index contributed by atoms with van der Waals surface area (Å²) in [4.78, 5) is 25.2. The Labute approximate surface area is 188 Å². The first kappa shape index (κ1) is 23.6. The van der Waals surface area contributed by atoms with Crippen molar-refractivity contribution in [1.82, 2.24) is 0 Å². The third kappa shape index (κ3) is 6.99. The minimum atomic E-state index is -0.943. The van der Waals surface area contributed by atoms with E-state index in [1.165, 1.54) is 0 Å². The van der Waals surface area contributed by atoms with Crippen LogP contribution in [-0.2, 0) is 14.3 Å². The molecule has 0 heterocycles. The van der Waals surface area contributed by atoms with Gasteiger partial charge in [0.2, 0.25) is 0 Å². The van der Waals surface area contributed by atoms with Crippen LogP contribution in [0, 0.1) is 11.8 Å². The Hall–Kier alpha value is -3.06. The number of aliphatic carboxylic acids is 1. The lowest BCUT2D eigenvalue weighted by Crippen LogP contribution is -2.30. The van der Waals surface area contributed by atoms with E-state index in [0.717, 1.165) is 37.1 Å². The number of carbonyl (C=O) groups excluding carboxylic acids is 1. The van der Waals surface area contributed by atoms with Crippen molar-refractivity contribution in [2.45, 2.75) is 32.6 Å². The zero-order valence-corrected chi connectivity index (χ0v) is 18.4. The van der Waals surface area contributed by atoms with Crippen molar-refractivity contribution in [2.24, 2.45) is 11.8 Å². The van der Waals surface area contributed by atoms with Gasteiger partial charge in [-0.05, 0) is 80.8 Å². The molecule has 0 bridgehead atoms. The largest absolute Gasteiger partial charge is 0.494 e. The summed E-state index contributed by atoms with van der Waals surface area (Å²) in [5.41, 5.74) is 1.45. The Morgan fingerprint density at radius 1 is 0.906 bits per heavy atom. The highest BCUT2D eigenvalue weighted by Gasteiger charge is 2.25. The number of rotatable bonds is 10. The zero-order valence-electron chi connectivity index (χ0n) is 18.4. The van der Waals surface area contributed by atoms with Crippen molar-refractivity contribution in [1.29, 1.82) is 0 Å². The molecule has 3 rings (SSSR count). The summed E-state index contributed by atoms with van der Waals surface area (Å²) in [6.07, 6.45) is 3.35. The van der Waals surface area contributed by atoms with Crippen LogP contribution < -0.4 is 9.64 Å². The van der Waals surface area contributed by atoms with Crippen molar-refractivity contribution in [2.75, 3.05) is 31.3 Å². The summed E-state index contributed by atoms with van der Waals surface area (Å²) >= 11 is 0. The van der Waals surface area contributed by atoms with Crippen molar-refractivity contribution < 1.29 is 28.9 Å². The van der Waals surface area contributed by atoms with Crippen LogP contribution in [0.5, 0.6) is 5.75 Å². The van der Waals surface area contributed by atoms with Crippen LogP contribution >= 0.6 is 0 Å². The van der Waals surface area contributed by atoms with Crippen molar-refractivity contribution in [3.63, 3.8) is 0 Å². The van der Waals surface area contributed by atoms with E-state index in [0.29, 0.717) is 37.3 Å². The second kappa shape index (κ2) is 12.1. The summed E-state index contributed by atoms with van der Waals surface area (Å²) in [7, 11) is 0. The molecule has 7 nitrogen and oxygen atoms in total. The highest BCUT2D eigenvalue weighted by Crippen LogP contribution is 2.31. The second-order valence-corrected chi connectivity index (χ2v) is 7.97. The molecule has 7 heteroatoms. The maximum absolute atomic E-state index is 13.1. The molecule has 1 aliphatic carbocycles. The molecule has 1 fully saturated rings. The number of carboxylic acid groups (broad SMARTS) is 1. The normalized spacial score (nSPS) is 18.0. The van der Waals surface area contributed by atoms with Crippen molar-refractivity contribution in [3.8, 4) is 5.75 Å². The fourth-order valence-electron chi connectivity index (χ4n) is 3.93. The predicted molar refractivity (Wildman–Crippen MR) is 121 cm³/mol. The van der Waals surface area contributed by atoms with Gasteiger partial charge in [0.15, 0.2) is 0 Å². The van der Waals surface area contributed by atoms with E-state index < -0.39 is 12.1 Å². The molecular weight excluding hydrogens is 410 g/mol. The number of carboxylic acids is 1. The van der Waals surface area contributed by atoms with E-state index in [1.54, 1.807) is 4.90 Å². The van der Waals surface area contributed by atoms with Crippen molar-refractivity contribution in [3.05, 3.63) is 54.6 Å². The fraction of sp³-hybridized carbons (Fsp3) is 0.440. The first-order chi connectivity index (χ1) is 15.6. The van der Waals surface area contributed by atoms with Gasteiger partial charge in [0.05, 0.1) is 31.2 Å². The van der Waals surface area contributed by atoms with Crippen LogP contribution in [-0.4, -0.2) is 43.6 Å². The topological polar surface area (TPSA) is 85.3 Å². The van der Waals surface area contributed by atoms with Gasteiger partial charge >= 0.3 is 12.1 Å². The summed E-state index contributed by atoms with van der Waals surface area (Å²) in [5, 5.41) is 8.67. The number of nitrogens with zero attached hydrogens (tertiary/aromatic N) is 1. The van der Waals surface area contributed by atoms with Gasteiger partial charge in [-0.3, -0.25) is 0 Å². The zero-order chi connectivity index (χ0) is 22.8. The highest BCUT2D eigenvalue weighted by atomic mass is 16.6. The van der Waals surface area contributed by atoms with Gasteiger partial charge in [-0.2, -0.15) is 0 Å². The van der Waals surface area contributed by atoms with Crippen LogP contribution in [0.3, 0.4) is 0 Å². The lowest BCUT2D eigenvalue weighted by atomic mass is 9.83. The van der Waals surface area contributed by atoms with E-state index in [1.807, 2.05) is 61.5 Å². The highest BCUT2D eigenvalue weighted by molar-refractivity contribution is 5.96. The number of amides is 1. The van der Waals surface area contributed by atoms with Crippen LogP contribution in [0.15, 0.2) is 54.6 Å². The van der Waals surface area contributed by atoms with E-state index in [2.05, 4.69) is 0 Å². The Kier molecular flexibility index (Phi) is 8.92. The molecule has 2 aromatic rings. The van der Waals surface area contributed by atoms with Gasteiger partial charge in [-0.25, -0.2) is 14.5 Å². The first-order valence-electron chi connectivity index (χ1n) is 11.1. The fourth-order valence-corrected chi connectivity index (χ4v) is 3.93. The monoisotopic (exact) mass is 441 g/mol. The van der Waals surface area contributed by atoms with E-state index in [-0.39, 0.29) is 6.61 Å². The SMILES string of the molecule is CCOc1ccc(N(C(=O)OC[C@H]2CC[C@H](COCC(=O)O)CC2)c2ccccc2)cc1. The summed E-state index contributed by atoms with van der Waals surface area (Å²) in [6.45, 7) is 3.09. The first-order valence-corrected chi connectivity index (χ1v) is 11.1. The molecule has 32 heavy (non-hydrogen) atoms. The van der Waals surface area contributed by atoms with Gasteiger partial charge in [0, 0.05) is 0 Å². The smallest absolute Gasteiger partial charge is 0.418 e. The van der Waals surface area contributed by atoms with E-state index in [4.69, 9.17) is 19.3 Å². The van der Waals surface area contributed by atoms with E-state index >= 15 is 0 Å². The third-order valence-corrected chi connectivity index (χ3v) is 5.59. The number of anilines is 2. The van der Waals surface area contributed by atoms with Crippen LogP contribution in [0.2, 0.25) is 0 Å². The molecule has 1 amide bonds. The lowest BCUT2D eigenvalue weighted by Gasteiger charge is -2.29. The third-order valence-electron chi connectivity index (χ3n) is 5.59. The molecular formula is C25H31NO6. The molecule has 2 aromatic carbocycles. The summed E-state index contributed by atoms with van der Waals surface area (Å²) in [6, 6.07) is 16.8. The minimum absolute atomic E-state index is 0.252. The Morgan fingerprint density at radius 2 is 1.50 bits per heavy atom. The quantitative estimate of drug-likeness (QED) is 0.541. The van der Waals surface area contributed by atoms with Gasteiger partial charge in [-0.15, -0.1) is 0 Å². The maximum Gasteiger partial charge on any atom is 0.418 e. The molecule has 0 unspecified atom stereocenters. The molecule has 1 aliphatic rings. The maximum atomic E-state index is 13.1. The Bertz CT molecular complexity index is 846. The molecule has 0 aliphatic heterocycles. The summed E-state index contributed by atoms with van der Waals surface area (Å²) < 4.78 is 16.5. The van der Waals surface area contributed by atoms with Crippen LogP contribution in [0.1, 0.15) is 32.6 Å². The standard InChI is InChI=1S/C25H31NO6/c1-2-31-23-14-12-22(13-15-23)26(21-6-4-3-5-7-21)25(29)32-17-20-10-8-19(9-11-20)16-30-18-24(27)28/h3-7,12-15,19-20H,2,8-11,16-18H2,1H3,(H,27,28)/t19-,20-. The number of hydrogen-bond acceptors (Lipinski definition) is 5. The molecule has 0 aromatic heterocycles. The predicted octanol–water partition coefficient (Wildman–Crippen LogP) is 5.27. The van der Waals surface area contributed by atoms with E-state index in [9.17, 15) is 9.59 Å². The Balaban J connectivity index is 1.56. The summed E-state index contributed by atoms with van der Waals surface area (Å²) in [5.74, 6) is 0.474. The van der Waals surface area contributed by atoms with Gasteiger partial charge in [0.25, 0.3) is 0 Å². The number of benzene rings is 2. The Morgan fingerprint density at radius 3 is 2.09 bits per heavy atom. The molecule has 172 valence electrons. The number of para-hydroxylation sites is 1. The average Bonchev–Trinajstić information content (AvgIpc) is 2.80. The number of ether oxygens (including phenoxy) is 3. The van der Waals surface area contributed by atoms with Crippen LogP contribution in [0.25, 0.3) is 0 Å². The minimum Gasteiger partial charge on any atom is -0.494 e. The molecule has 0 radical (unpaired) electrons. The molecule has 0 atom stereocenters. The molecule has 1 saturated carbocycles. The molecule has 0 saturated heterocycles.